The molecule has 1 saturated heterocycles. The van der Waals surface area contributed by atoms with Gasteiger partial charge in [-0.05, 0) is 34.9 Å². The number of piperazine rings is 1. The van der Waals surface area contributed by atoms with Crippen LogP contribution in [0.15, 0.2) is 78.9 Å². The number of nitrogens with one attached hydrogen (secondary N) is 1. The third-order valence-electron chi connectivity index (χ3n) is 6.74. The summed E-state index contributed by atoms with van der Waals surface area (Å²) in [6.45, 7) is 0.506. The topological polar surface area (TPSA) is 56.4 Å². The number of hydrogen-bond acceptors (Lipinski definition) is 2. The summed E-state index contributed by atoms with van der Waals surface area (Å²) in [7, 11) is 0. The molecule has 2 atom stereocenters. The fourth-order valence-corrected chi connectivity index (χ4v) is 5.38. The molecule has 1 aromatic heterocycles. The molecule has 0 spiro atoms. The normalized spacial score (nSPS) is 20.2. The van der Waals surface area contributed by atoms with Crippen molar-refractivity contribution in [1.29, 1.82) is 0 Å². The predicted octanol–water partition coefficient (Wildman–Crippen LogP) is 4.71. The number of hydrogen-bond donors (Lipinski definition) is 1. The second-order valence-electron chi connectivity index (χ2n) is 8.72. The average molecular weight is 456 g/mol. The summed E-state index contributed by atoms with van der Waals surface area (Å²) in [5, 5.41) is 1.74. The molecule has 3 aromatic carbocycles. The third kappa shape index (κ3) is 3.31. The van der Waals surface area contributed by atoms with Gasteiger partial charge in [-0.2, -0.15) is 0 Å². The number of halogens is 1. The molecule has 6 rings (SSSR count). The lowest BCUT2D eigenvalue weighted by Crippen LogP contribution is -2.62. The number of benzene rings is 3. The standard InChI is InChI=1S/C27H22ClN3O2/c28-19-12-10-18(11-13-19)26-25-21(20-8-4-5-9-22(20)29-25)14-23-27(33)30(16-24(32)31(23)26)15-17-6-2-1-3-7-17/h1-13,23,26,29H,14-16H2. The molecule has 0 bridgehead atoms. The highest BCUT2D eigenvalue weighted by Crippen LogP contribution is 2.42. The van der Waals surface area contributed by atoms with E-state index in [1.807, 2.05) is 72.8 Å². The van der Waals surface area contributed by atoms with Crippen LogP contribution in [-0.2, 0) is 22.6 Å². The molecule has 1 N–H and O–H groups in total. The smallest absolute Gasteiger partial charge is 0.246 e. The van der Waals surface area contributed by atoms with Crippen LogP contribution in [0.4, 0.5) is 0 Å². The zero-order valence-electron chi connectivity index (χ0n) is 17.9. The maximum absolute atomic E-state index is 13.7. The van der Waals surface area contributed by atoms with Crippen molar-refractivity contribution in [3.8, 4) is 0 Å². The van der Waals surface area contributed by atoms with Gasteiger partial charge in [-0.25, -0.2) is 0 Å². The van der Waals surface area contributed by atoms with E-state index < -0.39 is 6.04 Å². The van der Waals surface area contributed by atoms with Gasteiger partial charge in [0.2, 0.25) is 11.8 Å². The van der Waals surface area contributed by atoms with Crippen LogP contribution in [0.25, 0.3) is 10.9 Å². The molecule has 2 aliphatic heterocycles. The molecule has 0 aliphatic carbocycles. The number of amides is 2. The first-order chi connectivity index (χ1) is 16.1. The summed E-state index contributed by atoms with van der Waals surface area (Å²) >= 11 is 6.15. The third-order valence-corrected chi connectivity index (χ3v) is 7.00. The number of carbonyl (C=O) groups excluding carboxylic acids is 2. The van der Waals surface area contributed by atoms with Crippen LogP contribution in [0.1, 0.15) is 28.4 Å². The van der Waals surface area contributed by atoms with Crippen LogP contribution in [0.5, 0.6) is 0 Å². The molecule has 5 nitrogen and oxygen atoms in total. The van der Waals surface area contributed by atoms with Gasteiger partial charge in [0.25, 0.3) is 0 Å². The fraction of sp³-hybridized carbons (Fsp3) is 0.185. The van der Waals surface area contributed by atoms with Gasteiger partial charge in [-0.3, -0.25) is 9.59 Å². The molecule has 0 saturated carbocycles. The highest BCUT2D eigenvalue weighted by Gasteiger charge is 2.48. The first-order valence-corrected chi connectivity index (χ1v) is 11.5. The van der Waals surface area contributed by atoms with Crippen LogP contribution in [0, 0.1) is 0 Å². The zero-order valence-corrected chi connectivity index (χ0v) is 18.6. The average Bonchev–Trinajstić information content (AvgIpc) is 3.21. The van der Waals surface area contributed by atoms with Crippen molar-refractivity contribution in [2.45, 2.75) is 25.0 Å². The van der Waals surface area contributed by atoms with Crippen molar-refractivity contribution in [2.24, 2.45) is 0 Å². The number of carbonyl (C=O) groups is 2. The summed E-state index contributed by atoms with van der Waals surface area (Å²) in [5.74, 6) is -0.0480. The molecule has 3 heterocycles. The first-order valence-electron chi connectivity index (χ1n) is 11.1. The van der Waals surface area contributed by atoms with Crippen LogP contribution < -0.4 is 0 Å². The van der Waals surface area contributed by atoms with E-state index in [0.717, 1.165) is 33.3 Å². The molecule has 1 fully saturated rings. The Hall–Kier alpha value is -3.57. The van der Waals surface area contributed by atoms with Crippen LogP contribution >= 0.6 is 11.6 Å². The number of H-pyrrole nitrogens is 1. The molecule has 33 heavy (non-hydrogen) atoms. The molecule has 4 aromatic rings. The predicted molar refractivity (Wildman–Crippen MR) is 128 cm³/mol. The molecule has 0 radical (unpaired) electrons. The monoisotopic (exact) mass is 455 g/mol. The number of aromatic amines is 1. The minimum Gasteiger partial charge on any atom is -0.356 e. The largest absolute Gasteiger partial charge is 0.356 e. The van der Waals surface area contributed by atoms with Crippen molar-refractivity contribution in [2.75, 3.05) is 6.54 Å². The first kappa shape index (κ1) is 20.1. The fourth-order valence-electron chi connectivity index (χ4n) is 5.25. The van der Waals surface area contributed by atoms with Gasteiger partial charge in [-0.15, -0.1) is 0 Å². The minimum atomic E-state index is -0.539. The van der Waals surface area contributed by atoms with Crippen LogP contribution in [0.2, 0.25) is 5.02 Å². The van der Waals surface area contributed by atoms with Crippen molar-refractivity contribution < 1.29 is 9.59 Å². The van der Waals surface area contributed by atoms with E-state index in [1.54, 1.807) is 9.80 Å². The van der Waals surface area contributed by atoms with E-state index in [2.05, 4.69) is 11.1 Å². The lowest BCUT2D eigenvalue weighted by Gasteiger charge is -2.47. The van der Waals surface area contributed by atoms with E-state index in [0.29, 0.717) is 18.0 Å². The van der Waals surface area contributed by atoms with E-state index in [-0.39, 0.29) is 24.4 Å². The minimum absolute atomic E-state index is 0.00616. The van der Waals surface area contributed by atoms with Gasteiger partial charge in [0.1, 0.15) is 12.6 Å². The number of rotatable bonds is 3. The Kier molecular flexibility index (Phi) is 4.73. The second kappa shape index (κ2) is 7.78. The number of aromatic nitrogens is 1. The van der Waals surface area contributed by atoms with Gasteiger partial charge in [0.05, 0.1) is 6.04 Å². The van der Waals surface area contributed by atoms with Crippen molar-refractivity contribution >= 4 is 34.3 Å². The molecular formula is C27H22ClN3O2. The highest BCUT2D eigenvalue weighted by molar-refractivity contribution is 6.30. The quantitative estimate of drug-likeness (QED) is 0.486. The Labute approximate surface area is 196 Å². The second-order valence-corrected chi connectivity index (χ2v) is 9.15. The van der Waals surface area contributed by atoms with Crippen molar-refractivity contribution in [3.05, 3.63) is 106 Å². The van der Waals surface area contributed by atoms with Gasteiger partial charge >= 0.3 is 0 Å². The lowest BCUT2D eigenvalue weighted by molar-refractivity contribution is -0.159. The van der Waals surface area contributed by atoms with Gasteiger partial charge < -0.3 is 14.8 Å². The Morgan fingerprint density at radius 2 is 1.64 bits per heavy atom. The summed E-state index contributed by atoms with van der Waals surface area (Å²) in [5.41, 5.74) is 5.06. The number of nitrogens with zero attached hydrogens (tertiary/aromatic N) is 2. The van der Waals surface area contributed by atoms with Gasteiger partial charge in [0, 0.05) is 34.6 Å². The molecule has 2 unspecified atom stereocenters. The Morgan fingerprint density at radius 1 is 0.909 bits per heavy atom. The Morgan fingerprint density at radius 3 is 2.42 bits per heavy atom. The molecule has 2 amide bonds. The van der Waals surface area contributed by atoms with E-state index in [1.165, 1.54) is 0 Å². The number of para-hydroxylation sites is 1. The van der Waals surface area contributed by atoms with Crippen LogP contribution in [0.3, 0.4) is 0 Å². The maximum atomic E-state index is 13.7. The highest BCUT2D eigenvalue weighted by atomic mass is 35.5. The number of fused-ring (bicyclic) bond motifs is 4. The molecule has 164 valence electrons. The zero-order chi connectivity index (χ0) is 22.5. The Balaban J connectivity index is 1.46. The lowest BCUT2D eigenvalue weighted by atomic mass is 9.86. The maximum Gasteiger partial charge on any atom is 0.246 e. The molecular weight excluding hydrogens is 434 g/mol. The van der Waals surface area contributed by atoms with Crippen LogP contribution in [-0.4, -0.2) is 39.2 Å². The van der Waals surface area contributed by atoms with Gasteiger partial charge in [0.15, 0.2) is 0 Å². The summed E-state index contributed by atoms with van der Waals surface area (Å²) in [4.78, 5) is 34.3. The molecule has 6 heteroatoms. The van der Waals surface area contributed by atoms with Crippen molar-refractivity contribution in [3.63, 3.8) is 0 Å². The summed E-state index contributed by atoms with van der Waals surface area (Å²) < 4.78 is 0. The summed E-state index contributed by atoms with van der Waals surface area (Å²) in [6.07, 6.45) is 0.499. The van der Waals surface area contributed by atoms with Gasteiger partial charge in [-0.1, -0.05) is 72.3 Å². The van der Waals surface area contributed by atoms with E-state index >= 15 is 0 Å². The summed E-state index contributed by atoms with van der Waals surface area (Å²) in [6, 6.07) is 24.6. The molecule has 2 aliphatic rings. The van der Waals surface area contributed by atoms with E-state index in [9.17, 15) is 9.59 Å². The van der Waals surface area contributed by atoms with E-state index in [4.69, 9.17) is 11.6 Å². The Bertz CT molecular complexity index is 1360. The SMILES string of the molecule is O=C1C2Cc3c([nH]c4ccccc34)C(c3ccc(Cl)cc3)N2C(=O)CN1Cc1ccccc1. The van der Waals surface area contributed by atoms with Crippen molar-refractivity contribution in [1.82, 2.24) is 14.8 Å².